The number of carbonyl (C=O) groups excluding carboxylic acids is 1. The molecule has 0 bridgehead atoms. The van der Waals surface area contributed by atoms with E-state index in [-0.39, 0.29) is 12.0 Å². The number of rotatable bonds is 6. The van der Waals surface area contributed by atoms with Gasteiger partial charge in [0.05, 0.1) is 21.8 Å². The first-order valence-corrected chi connectivity index (χ1v) is 8.73. The standard InChI is InChI=1S/C18H18Cl2N2O3/c19-16-7-6-13(10-17(16)20)21-22-18(23)12-3-1-4-14(9-12)25-11-15-5-2-8-24-15/h1,3-4,6-7,9-10,15,21H,2,5,8,11H2,(H,22,23). The van der Waals surface area contributed by atoms with Gasteiger partial charge in [0.2, 0.25) is 0 Å². The van der Waals surface area contributed by atoms with E-state index < -0.39 is 0 Å². The van der Waals surface area contributed by atoms with Gasteiger partial charge in [-0.3, -0.25) is 15.6 Å². The third kappa shape index (κ3) is 5.01. The fraction of sp³-hybridized carbons (Fsp3) is 0.278. The fourth-order valence-corrected chi connectivity index (χ4v) is 2.77. The van der Waals surface area contributed by atoms with Crippen molar-refractivity contribution < 1.29 is 14.3 Å². The van der Waals surface area contributed by atoms with Crippen LogP contribution in [0.4, 0.5) is 5.69 Å². The molecule has 2 aromatic rings. The topological polar surface area (TPSA) is 59.6 Å². The van der Waals surface area contributed by atoms with Crippen LogP contribution in [-0.4, -0.2) is 25.2 Å². The van der Waals surface area contributed by atoms with E-state index in [0.29, 0.717) is 33.7 Å². The average Bonchev–Trinajstić information content (AvgIpc) is 3.14. The number of ether oxygens (including phenoxy) is 2. The maximum Gasteiger partial charge on any atom is 0.269 e. The van der Waals surface area contributed by atoms with Crippen molar-refractivity contribution in [2.75, 3.05) is 18.6 Å². The summed E-state index contributed by atoms with van der Waals surface area (Å²) < 4.78 is 11.2. The van der Waals surface area contributed by atoms with Crippen molar-refractivity contribution in [3.05, 3.63) is 58.1 Å². The SMILES string of the molecule is O=C(NNc1ccc(Cl)c(Cl)c1)c1cccc(OCC2CCCO2)c1. The molecular weight excluding hydrogens is 363 g/mol. The minimum Gasteiger partial charge on any atom is -0.491 e. The summed E-state index contributed by atoms with van der Waals surface area (Å²) in [7, 11) is 0. The van der Waals surface area contributed by atoms with Gasteiger partial charge in [-0.25, -0.2) is 0 Å². The van der Waals surface area contributed by atoms with Gasteiger partial charge in [0.15, 0.2) is 0 Å². The lowest BCUT2D eigenvalue weighted by atomic mass is 10.2. The molecule has 1 amide bonds. The molecule has 0 aliphatic carbocycles. The van der Waals surface area contributed by atoms with Gasteiger partial charge in [0.25, 0.3) is 5.91 Å². The van der Waals surface area contributed by atoms with Crippen molar-refractivity contribution in [1.29, 1.82) is 0 Å². The van der Waals surface area contributed by atoms with Crippen molar-refractivity contribution in [3.8, 4) is 5.75 Å². The van der Waals surface area contributed by atoms with E-state index in [1.807, 2.05) is 6.07 Å². The summed E-state index contributed by atoms with van der Waals surface area (Å²) >= 11 is 11.8. The van der Waals surface area contributed by atoms with Crippen LogP contribution in [0.5, 0.6) is 5.75 Å². The Hall–Kier alpha value is -1.95. The number of benzene rings is 2. The average molecular weight is 381 g/mol. The summed E-state index contributed by atoms with van der Waals surface area (Å²) in [4.78, 5) is 12.3. The molecule has 132 valence electrons. The van der Waals surface area contributed by atoms with Crippen LogP contribution >= 0.6 is 23.2 Å². The van der Waals surface area contributed by atoms with Gasteiger partial charge in [0.1, 0.15) is 12.4 Å². The molecule has 0 saturated carbocycles. The zero-order valence-corrected chi connectivity index (χ0v) is 14.9. The molecule has 7 heteroatoms. The molecular formula is C18H18Cl2N2O3. The second-order valence-corrected chi connectivity index (χ2v) is 6.50. The van der Waals surface area contributed by atoms with E-state index >= 15 is 0 Å². The van der Waals surface area contributed by atoms with Gasteiger partial charge in [-0.1, -0.05) is 29.3 Å². The molecule has 1 saturated heterocycles. The van der Waals surface area contributed by atoms with E-state index in [4.69, 9.17) is 32.7 Å². The summed E-state index contributed by atoms with van der Waals surface area (Å²) in [5, 5.41) is 0.861. The lowest BCUT2D eigenvalue weighted by Gasteiger charge is -2.13. The Labute approximate surface area is 156 Å². The zero-order chi connectivity index (χ0) is 17.6. The van der Waals surface area contributed by atoms with E-state index in [1.165, 1.54) is 0 Å². The normalized spacial score (nSPS) is 16.5. The highest BCUT2D eigenvalue weighted by Crippen LogP contribution is 2.24. The van der Waals surface area contributed by atoms with Gasteiger partial charge >= 0.3 is 0 Å². The van der Waals surface area contributed by atoms with Crippen molar-refractivity contribution in [2.24, 2.45) is 0 Å². The van der Waals surface area contributed by atoms with Crippen molar-refractivity contribution >= 4 is 34.8 Å². The highest BCUT2D eigenvalue weighted by atomic mass is 35.5. The van der Waals surface area contributed by atoms with Crippen LogP contribution in [0.25, 0.3) is 0 Å². The maximum atomic E-state index is 12.3. The van der Waals surface area contributed by atoms with Crippen LogP contribution in [0.1, 0.15) is 23.2 Å². The molecule has 0 spiro atoms. The highest BCUT2D eigenvalue weighted by Gasteiger charge is 2.16. The van der Waals surface area contributed by atoms with Gasteiger partial charge in [-0.05, 0) is 49.2 Å². The van der Waals surface area contributed by atoms with Crippen LogP contribution in [0.3, 0.4) is 0 Å². The summed E-state index contributed by atoms with van der Waals surface area (Å²) in [5.41, 5.74) is 6.54. The largest absolute Gasteiger partial charge is 0.491 e. The Morgan fingerprint density at radius 2 is 2.08 bits per heavy atom. The molecule has 0 aromatic heterocycles. The molecule has 1 unspecified atom stereocenters. The third-order valence-electron chi connectivity index (χ3n) is 3.80. The number of hydrazine groups is 1. The first kappa shape index (κ1) is 17.9. The molecule has 1 atom stereocenters. The van der Waals surface area contributed by atoms with Crippen LogP contribution in [0.2, 0.25) is 10.0 Å². The first-order chi connectivity index (χ1) is 12.1. The van der Waals surface area contributed by atoms with E-state index in [9.17, 15) is 4.79 Å². The van der Waals surface area contributed by atoms with Crippen LogP contribution in [-0.2, 0) is 4.74 Å². The van der Waals surface area contributed by atoms with Crippen LogP contribution in [0, 0.1) is 0 Å². The Bertz CT molecular complexity index is 749. The summed E-state index contributed by atoms with van der Waals surface area (Å²) in [6.07, 6.45) is 2.21. The third-order valence-corrected chi connectivity index (χ3v) is 4.54. The van der Waals surface area contributed by atoms with Crippen molar-refractivity contribution in [1.82, 2.24) is 5.43 Å². The maximum absolute atomic E-state index is 12.3. The second-order valence-electron chi connectivity index (χ2n) is 5.68. The second kappa shape index (κ2) is 8.43. The molecule has 1 fully saturated rings. The first-order valence-electron chi connectivity index (χ1n) is 7.98. The number of hydrogen-bond acceptors (Lipinski definition) is 4. The molecule has 0 radical (unpaired) electrons. The number of hydrogen-bond donors (Lipinski definition) is 2. The van der Waals surface area contributed by atoms with Crippen molar-refractivity contribution in [2.45, 2.75) is 18.9 Å². The minimum atomic E-state index is -0.284. The number of carbonyl (C=O) groups is 1. The number of halogens is 2. The monoisotopic (exact) mass is 380 g/mol. The van der Waals surface area contributed by atoms with Gasteiger partial charge in [-0.2, -0.15) is 0 Å². The molecule has 1 heterocycles. The van der Waals surface area contributed by atoms with E-state index in [0.717, 1.165) is 19.4 Å². The molecule has 1 aliphatic rings. The number of amides is 1. The minimum absolute atomic E-state index is 0.133. The quantitative estimate of drug-likeness (QED) is 0.733. The predicted octanol–water partition coefficient (Wildman–Crippen LogP) is 4.31. The Morgan fingerprint density at radius 1 is 1.20 bits per heavy atom. The molecule has 25 heavy (non-hydrogen) atoms. The van der Waals surface area contributed by atoms with Crippen LogP contribution in [0.15, 0.2) is 42.5 Å². The summed E-state index contributed by atoms with van der Waals surface area (Å²) in [5.74, 6) is 0.353. The number of anilines is 1. The molecule has 5 nitrogen and oxygen atoms in total. The molecule has 2 aromatic carbocycles. The van der Waals surface area contributed by atoms with Gasteiger partial charge in [-0.15, -0.1) is 0 Å². The smallest absolute Gasteiger partial charge is 0.269 e. The van der Waals surface area contributed by atoms with Crippen molar-refractivity contribution in [3.63, 3.8) is 0 Å². The Morgan fingerprint density at radius 3 is 2.84 bits per heavy atom. The molecule has 1 aliphatic heterocycles. The Balaban J connectivity index is 1.55. The predicted molar refractivity (Wildman–Crippen MR) is 98.5 cm³/mol. The summed E-state index contributed by atoms with van der Waals surface area (Å²) in [6, 6.07) is 12.0. The van der Waals surface area contributed by atoms with Gasteiger partial charge < -0.3 is 9.47 Å². The lowest BCUT2D eigenvalue weighted by molar-refractivity contribution is 0.0679. The Kier molecular flexibility index (Phi) is 6.02. The molecule has 2 N–H and O–H groups in total. The zero-order valence-electron chi connectivity index (χ0n) is 13.4. The highest BCUT2D eigenvalue weighted by molar-refractivity contribution is 6.42. The fourth-order valence-electron chi connectivity index (χ4n) is 2.47. The van der Waals surface area contributed by atoms with E-state index in [2.05, 4.69) is 10.9 Å². The summed E-state index contributed by atoms with van der Waals surface area (Å²) in [6.45, 7) is 1.28. The van der Waals surface area contributed by atoms with Gasteiger partial charge in [0, 0.05) is 12.2 Å². The number of nitrogens with one attached hydrogen (secondary N) is 2. The lowest BCUT2D eigenvalue weighted by Crippen LogP contribution is -2.29. The van der Waals surface area contributed by atoms with Crippen LogP contribution < -0.4 is 15.6 Å². The van der Waals surface area contributed by atoms with E-state index in [1.54, 1.807) is 36.4 Å². The molecule has 3 rings (SSSR count).